The van der Waals surface area contributed by atoms with Crippen LogP contribution in [0.15, 0.2) is 53.0 Å². The van der Waals surface area contributed by atoms with E-state index in [1.54, 1.807) is 31.4 Å². The molecule has 4 rings (SSSR count). The van der Waals surface area contributed by atoms with Crippen molar-refractivity contribution in [2.24, 2.45) is 0 Å². The molecule has 1 aliphatic heterocycles. The average molecular weight is 645 g/mol. The first-order chi connectivity index (χ1) is 18.4. The Labute approximate surface area is 245 Å². The van der Waals surface area contributed by atoms with Crippen LogP contribution in [0.4, 0.5) is 11.4 Å². The fourth-order valence-electron chi connectivity index (χ4n) is 3.82. The van der Waals surface area contributed by atoms with E-state index in [0.717, 1.165) is 5.56 Å². The first-order valence-electron chi connectivity index (χ1n) is 11.8. The number of nitrogens with one attached hydrogen (secondary N) is 2. The van der Waals surface area contributed by atoms with E-state index in [2.05, 4.69) is 26.6 Å². The van der Waals surface area contributed by atoms with Gasteiger partial charge in [0.1, 0.15) is 25.9 Å². The molecule has 0 spiro atoms. The topological polar surface area (TPSA) is 124 Å². The fourth-order valence-corrected chi connectivity index (χ4v) is 4.67. The quantitative estimate of drug-likeness (QED) is 0.133. The predicted molar refractivity (Wildman–Crippen MR) is 154 cm³/mol. The molecular formula is C26H28BrCl2N3O7. The smallest absolute Gasteiger partial charge is 0.271 e. The van der Waals surface area contributed by atoms with Crippen LogP contribution >= 0.6 is 39.9 Å². The molecule has 1 unspecified atom stereocenters. The zero-order valence-corrected chi connectivity index (χ0v) is 24.1. The van der Waals surface area contributed by atoms with Gasteiger partial charge in [-0.1, -0.05) is 17.7 Å². The molecular weight excluding hydrogens is 617 g/mol. The van der Waals surface area contributed by atoms with Crippen LogP contribution in [-0.4, -0.2) is 50.0 Å². The second-order valence-electron chi connectivity index (χ2n) is 8.36. The summed E-state index contributed by atoms with van der Waals surface area (Å²) in [5.74, 6) is 2.28. The van der Waals surface area contributed by atoms with Gasteiger partial charge in [-0.05, 0) is 57.4 Å². The number of aliphatic hydroxyl groups excluding tert-OH is 1. The van der Waals surface area contributed by atoms with E-state index in [1.807, 2.05) is 12.1 Å². The summed E-state index contributed by atoms with van der Waals surface area (Å²) in [6, 6.07) is 13.4. The number of methoxy groups -OCH3 is 1. The number of halogens is 3. The Balaban J connectivity index is 0.00000420. The lowest BCUT2D eigenvalue weighted by molar-refractivity contribution is -0.384. The third kappa shape index (κ3) is 8.02. The molecule has 0 radical (unpaired) electrons. The van der Waals surface area contributed by atoms with Crippen LogP contribution in [0.25, 0.3) is 0 Å². The van der Waals surface area contributed by atoms with E-state index in [1.165, 1.54) is 12.1 Å². The van der Waals surface area contributed by atoms with E-state index in [9.17, 15) is 15.2 Å². The number of hydrogen-bond acceptors (Lipinski definition) is 9. The number of nitro groups is 1. The average Bonchev–Trinajstić information content (AvgIpc) is 2.92. The molecule has 3 N–H and O–H groups in total. The van der Waals surface area contributed by atoms with Gasteiger partial charge in [0.2, 0.25) is 0 Å². The Bertz CT molecular complexity index is 1300. The van der Waals surface area contributed by atoms with Gasteiger partial charge in [0.05, 0.1) is 27.2 Å². The number of fused-ring (bicyclic) bond motifs is 1. The molecule has 0 fully saturated rings. The maximum Gasteiger partial charge on any atom is 0.271 e. The number of non-ortho nitro benzene ring substituents is 1. The molecule has 13 heteroatoms. The fraction of sp³-hybridized carbons (Fsp3) is 0.308. The van der Waals surface area contributed by atoms with Crippen molar-refractivity contribution in [1.29, 1.82) is 0 Å². The molecule has 0 bridgehead atoms. The molecule has 0 aliphatic carbocycles. The molecule has 39 heavy (non-hydrogen) atoms. The number of hydrogen-bond donors (Lipinski definition) is 3. The van der Waals surface area contributed by atoms with Gasteiger partial charge in [0.15, 0.2) is 23.0 Å². The van der Waals surface area contributed by atoms with Crippen molar-refractivity contribution in [2.75, 3.05) is 45.3 Å². The van der Waals surface area contributed by atoms with Crippen molar-refractivity contribution in [3.05, 3.63) is 79.3 Å². The van der Waals surface area contributed by atoms with Crippen molar-refractivity contribution in [1.82, 2.24) is 5.32 Å². The van der Waals surface area contributed by atoms with Crippen LogP contribution in [0.1, 0.15) is 17.2 Å². The van der Waals surface area contributed by atoms with Crippen molar-refractivity contribution < 1.29 is 29.0 Å². The Morgan fingerprint density at radius 2 is 1.90 bits per heavy atom. The minimum atomic E-state index is -0.875. The highest BCUT2D eigenvalue weighted by Crippen LogP contribution is 2.38. The SMILES string of the molecule is COc1cc(CNCCNc2ccc([N+](=O)[O-])cc2Cl)cc(Br)c1OCC(O)c1ccc2c(c1)OCCO2.Cl. The maximum absolute atomic E-state index is 10.8. The Hall–Kier alpha value is -2.96. The second kappa shape index (κ2) is 14.4. The van der Waals surface area contributed by atoms with E-state index < -0.39 is 11.0 Å². The van der Waals surface area contributed by atoms with Gasteiger partial charge in [-0.25, -0.2) is 0 Å². The van der Waals surface area contributed by atoms with Crippen LogP contribution in [-0.2, 0) is 6.54 Å². The van der Waals surface area contributed by atoms with Gasteiger partial charge >= 0.3 is 0 Å². The summed E-state index contributed by atoms with van der Waals surface area (Å²) < 4.78 is 23.3. The Morgan fingerprint density at radius 3 is 2.62 bits per heavy atom. The molecule has 0 aromatic heterocycles. The number of aliphatic hydroxyl groups is 1. The summed E-state index contributed by atoms with van der Waals surface area (Å²) in [5.41, 5.74) is 2.20. The molecule has 1 aliphatic rings. The van der Waals surface area contributed by atoms with Crippen LogP contribution in [0.3, 0.4) is 0 Å². The lowest BCUT2D eigenvalue weighted by Crippen LogP contribution is -2.22. The van der Waals surface area contributed by atoms with Gasteiger partial charge in [0.25, 0.3) is 5.69 Å². The molecule has 0 saturated heterocycles. The van der Waals surface area contributed by atoms with E-state index >= 15 is 0 Å². The molecule has 210 valence electrons. The summed E-state index contributed by atoms with van der Waals surface area (Å²) in [6.07, 6.45) is -0.875. The van der Waals surface area contributed by atoms with Gasteiger partial charge in [0, 0.05) is 31.8 Å². The lowest BCUT2D eigenvalue weighted by atomic mass is 10.1. The number of nitro benzene ring substituents is 1. The standard InChI is InChI=1S/C26H27BrClN3O7.ClH/c1-35-25-11-16(14-29-6-7-30-21-4-3-18(31(33)34)13-20(21)28)10-19(27)26(25)38-15-22(32)17-2-5-23-24(12-17)37-9-8-36-23;/h2-5,10-13,22,29-30,32H,6-9,14-15H2,1H3;1H. The third-order valence-electron chi connectivity index (χ3n) is 5.74. The molecule has 1 atom stereocenters. The van der Waals surface area contributed by atoms with E-state index in [-0.39, 0.29) is 24.7 Å². The molecule has 0 saturated carbocycles. The number of benzene rings is 3. The number of rotatable bonds is 12. The lowest BCUT2D eigenvalue weighted by Gasteiger charge is -2.21. The van der Waals surface area contributed by atoms with Crippen molar-refractivity contribution >= 4 is 51.3 Å². The Morgan fingerprint density at radius 1 is 1.13 bits per heavy atom. The molecule has 0 amide bonds. The number of anilines is 1. The largest absolute Gasteiger partial charge is 0.493 e. The van der Waals surface area contributed by atoms with Crippen molar-refractivity contribution in [2.45, 2.75) is 12.6 Å². The summed E-state index contributed by atoms with van der Waals surface area (Å²) in [4.78, 5) is 10.4. The first kappa shape index (κ1) is 30.6. The summed E-state index contributed by atoms with van der Waals surface area (Å²) >= 11 is 9.66. The van der Waals surface area contributed by atoms with Gasteiger partial charge in [-0.3, -0.25) is 10.1 Å². The van der Waals surface area contributed by atoms with Crippen LogP contribution in [0.5, 0.6) is 23.0 Å². The van der Waals surface area contributed by atoms with E-state index in [4.69, 9.17) is 30.5 Å². The molecule has 3 aromatic rings. The highest BCUT2D eigenvalue weighted by atomic mass is 79.9. The summed E-state index contributed by atoms with van der Waals surface area (Å²) in [6.45, 7) is 2.74. The summed E-state index contributed by atoms with van der Waals surface area (Å²) in [7, 11) is 1.56. The third-order valence-corrected chi connectivity index (χ3v) is 6.64. The minimum Gasteiger partial charge on any atom is -0.493 e. The van der Waals surface area contributed by atoms with E-state index in [0.29, 0.717) is 76.6 Å². The van der Waals surface area contributed by atoms with Crippen molar-refractivity contribution in [3.8, 4) is 23.0 Å². The normalized spacial score (nSPS) is 12.7. The van der Waals surface area contributed by atoms with Crippen molar-refractivity contribution in [3.63, 3.8) is 0 Å². The molecule has 10 nitrogen and oxygen atoms in total. The number of ether oxygens (including phenoxy) is 4. The highest BCUT2D eigenvalue weighted by molar-refractivity contribution is 9.10. The second-order valence-corrected chi connectivity index (χ2v) is 9.63. The van der Waals surface area contributed by atoms with Crippen LogP contribution in [0, 0.1) is 10.1 Å². The zero-order valence-electron chi connectivity index (χ0n) is 20.9. The molecule has 1 heterocycles. The minimum absolute atomic E-state index is 0. The van der Waals surface area contributed by atoms with Gasteiger partial charge in [-0.15, -0.1) is 12.4 Å². The predicted octanol–water partition coefficient (Wildman–Crippen LogP) is 5.53. The van der Waals surface area contributed by atoms with Crippen LogP contribution in [0.2, 0.25) is 5.02 Å². The monoisotopic (exact) mass is 643 g/mol. The highest BCUT2D eigenvalue weighted by Gasteiger charge is 2.18. The number of nitrogens with zero attached hydrogens (tertiary/aromatic N) is 1. The molecule has 3 aromatic carbocycles. The zero-order chi connectivity index (χ0) is 27.1. The van der Waals surface area contributed by atoms with Gasteiger partial charge in [-0.2, -0.15) is 0 Å². The van der Waals surface area contributed by atoms with Gasteiger partial charge < -0.3 is 34.7 Å². The van der Waals surface area contributed by atoms with Crippen LogP contribution < -0.4 is 29.6 Å². The summed E-state index contributed by atoms with van der Waals surface area (Å²) in [5, 5.41) is 28.3. The maximum atomic E-state index is 10.8. The Kier molecular flexibility index (Phi) is 11.3. The first-order valence-corrected chi connectivity index (χ1v) is 13.0.